The van der Waals surface area contributed by atoms with E-state index in [1.54, 1.807) is 18.4 Å². The van der Waals surface area contributed by atoms with Crippen LogP contribution in [-0.2, 0) is 6.42 Å². The zero-order valence-electron chi connectivity index (χ0n) is 10.7. The third-order valence-corrected chi connectivity index (χ3v) is 4.04. The third-order valence-electron chi connectivity index (χ3n) is 3.07. The molecule has 3 nitrogen and oxygen atoms in total. The number of nitrogens with one attached hydrogen (secondary N) is 1. The molecule has 5 heteroatoms. The second-order valence-corrected chi connectivity index (χ2v) is 5.49. The first-order valence-corrected chi connectivity index (χ1v) is 7.37. The van der Waals surface area contributed by atoms with E-state index in [-0.39, 0.29) is 6.04 Å². The van der Waals surface area contributed by atoms with E-state index < -0.39 is 0 Å². The fraction of sp³-hybridized carbons (Fsp3) is 0.286. The number of hydrogen-bond acceptors (Lipinski definition) is 4. The molecular weight excluding hydrogens is 280 g/mol. The van der Waals surface area contributed by atoms with Gasteiger partial charge in [-0.3, -0.25) is 11.3 Å². The molecule has 1 atom stereocenters. The largest absolute Gasteiger partial charge is 0.496 e. The SMILES string of the molecule is COc1ccc(Cl)cc1C(CCc1ccsc1)NN. The summed E-state index contributed by atoms with van der Waals surface area (Å²) >= 11 is 7.76. The zero-order chi connectivity index (χ0) is 13.7. The lowest BCUT2D eigenvalue weighted by atomic mass is 10.00. The second-order valence-electron chi connectivity index (χ2n) is 4.28. The van der Waals surface area contributed by atoms with E-state index in [0.29, 0.717) is 5.02 Å². The summed E-state index contributed by atoms with van der Waals surface area (Å²) in [6.07, 6.45) is 1.86. The van der Waals surface area contributed by atoms with E-state index in [9.17, 15) is 0 Å². The smallest absolute Gasteiger partial charge is 0.123 e. The lowest BCUT2D eigenvalue weighted by Gasteiger charge is -2.19. The number of nitrogens with two attached hydrogens (primary N) is 1. The van der Waals surface area contributed by atoms with Crippen molar-refractivity contribution >= 4 is 22.9 Å². The number of hydrazine groups is 1. The Morgan fingerprint density at radius 1 is 1.42 bits per heavy atom. The van der Waals surface area contributed by atoms with Gasteiger partial charge in [0.15, 0.2) is 0 Å². The zero-order valence-corrected chi connectivity index (χ0v) is 12.3. The summed E-state index contributed by atoms with van der Waals surface area (Å²) in [5.41, 5.74) is 5.17. The minimum atomic E-state index is 0.0218. The van der Waals surface area contributed by atoms with Crippen LogP contribution >= 0.6 is 22.9 Å². The Morgan fingerprint density at radius 3 is 2.89 bits per heavy atom. The lowest BCUT2D eigenvalue weighted by Crippen LogP contribution is -2.28. The topological polar surface area (TPSA) is 47.3 Å². The third kappa shape index (κ3) is 3.70. The monoisotopic (exact) mass is 296 g/mol. The molecule has 1 heterocycles. The standard InChI is InChI=1S/C14H17ClN2OS/c1-18-14-5-3-11(15)8-12(14)13(17-16)4-2-10-6-7-19-9-10/h3,5-9,13,17H,2,4,16H2,1H3. The van der Waals surface area contributed by atoms with Crippen molar-refractivity contribution in [2.75, 3.05) is 7.11 Å². The van der Waals surface area contributed by atoms with Crippen molar-refractivity contribution in [1.82, 2.24) is 5.43 Å². The molecule has 0 aliphatic heterocycles. The van der Waals surface area contributed by atoms with E-state index in [1.165, 1.54) is 5.56 Å². The van der Waals surface area contributed by atoms with Gasteiger partial charge in [-0.15, -0.1) is 0 Å². The summed E-state index contributed by atoms with van der Waals surface area (Å²) in [5.74, 6) is 6.48. The van der Waals surface area contributed by atoms with Crippen LogP contribution in [0.4, 0.5) is 0 Å². The fourth-order valence-corrected chi connectivity index (χ4v) is 2.94. The van der Waals surface area contributed by atoms with Gasteiger partial charge in [0.05, 0.1) is 7.11 Å². The van der Waals surface area contributed by atoms with Crippen molar-refractivity contribution in [3.05, 3.63) is 51.2 Å². The van der Waals surface area contributed by atoms with Gasteiger partial charge in [0.2, 0.25) is 0 Å². The lowest BCUT2D eigenvalue weighted by molar-refractivity contribution is 0.396. The van der Waals surface area contributed by atoms with Crippen LogP contribution in [0.15, 0.2) is 35.0 Å². The Balaban J connectivity index is 2.14. The predicted octanol–water partition coefficient (Wildman–Crippen LogP) is 3.55. The summed E-state index contributed by atoms with van der Waals surface area (Å²) < 4.78 is 5.37. The van der Waals surface area contributed by atoms with Gasteiger partial charge in [-0.1, -0.05) is 11.6 Å². The number of halogens is 1. The van der Waals surface area contributed by atoms with Gasteiger partial charge in [0, 0.05) is 16.6 Å². The maximum atomic E-state index is 6.05. The van der Waals surface area contributed by atoms with Gasteiger partial charge in [-0.2, -0.15) is 11.3 Å². The van der Waals surface area contributed by atoms with Crippen LogP contribution in [-0.4, -0.2) is 7.11 Å². The first-order chi connectivity index (χ1) is 9.24. The average Bonchev–Trinajstić information content (AvgIpc) is 2.93. The van der Waals surface area contributed by atoms with Gasteiger partial charge in [0.1, 0.15) is 5.75 Å². The van der Waals surface area contributed by atoms with Crippen LogP contribution in [0.2, 0.25) is 5.02 Å². The van der Waals surface area contributed by atoms with Crippen molar-refractivity contribution in [2.45, 2.75) is 18.9 Å². The van der Waals surface area contributed by atoms with Gasteiger partial charge in [-0.05, 0) is 53.4 Å². The quantitative estimate of drug-likeness (QED) is 0.633. The Kier molecular flexibility index (Phi) is 5.22. The highest BCUT2D eigenvalue weighted by atomic mass is 35.5. The molecule has 1 unspecified atom stereocenters. The van der Waals surface area contributed by atoms with E-state index in [2.05, 4.69) is 22.3 Å². The Bertz CT molecular complexity index is 516. The van der Waals surface area contributed by atoms with Crippen molar-refractivity contribution in [2.24, 2.45) is 5.84 Å². The van der Waals surface area contributed by atoms with Crippen LogP contribution in [0.25, 0.3) is 0 Å². The minimum absolute atomic E-state index is 0.0218. The number of aryl methyl sites for hydroxylation is 1. The molecule has 0 bridgehead atoms. The maximum absolute atomic E-state index is 6.05. The second kappa shape index (κ2) is 6.91. The molecule has 3 N–H and O–H groups in total. The van der Waals surface area contributed by atoms with Gasteiger partial charge in [-0.25, -0.2) is 0 Å². The molecule has 2 rings (SSSR count). The van der Waals surface area contributed by atoms with E-state index in [1.807, 2.05) is 18.2 Å². The molecule has 0 saturated carbocycles. The number of thiophene rings is 1. The maximum Gasteiger partial charge on any atom is 0.123 e. The molecule has 1 aromatic heterocycles. The molecule has 0 saturated heterocycles. The van der Waals surface area contributed by atoms with Crippen LogP contribution in [0.3, 0.4) is 0 Å². The Labute approximate surface area is 122 Å². The van der Waals surface area contributed by atoms with Crippen molar-refractivity contribution < 1.29 is 4.74 Å². The van der Waals surface area contributed by atoms with Crippen molar-refractivity contribution in [1.29, 1.82) is 0 Å². The first kappa shape index (κ1) is 14.3. The van der Waals surface area contributed by atoms with Crippen molar-refractivity contribution in [3.63, 3.8) is 0 Å². The fourth-order valence-electron chi connectivity index (χ4n) is 2.05. The van der Waals surface area contributed by atoms with Gasteiger partial charge in [0.25, 0.3) is 0 Å². The molecule has 1 aromatic carbocycles. The van der Waals surface area contributed by atoms with E-state index in [4.69, 9.17) is 22.2 Å². The number of hydrogen-bond donors (Lipinski definition) is 2. The van der Waals surface area contributed by atoms with Crippen LogP contribution in [0, 0.1) is 0 Å². The highest BCUT2D eigenvalue weighted by Crippen LogP contribution is 2.30. The van der Waals surface area contributed by atoms with Crippen molar-refractivity contribution in [3.8, 4) is 5.75 Å². The molecule has 0 fully saturated rings. The molecule has 0 aliphatic carbocycles. The molecule has 0 spiro atoms. The minimum Gasteiger partial charge on any atom is -0.496 e. The predicted molar refractivity (Wildman–Crippen MR) is 80.7 cm³/mol. The Morgan fingerprint density at radius 2 is 2.26 bits per heavy atom. The summed E-state index contributed by atoms with van der Waals surface area (Å²) in [5, 5.41) is 4.93. The average molecular weight is 297 g/mol. The Hall–Kier alpha value is -1.07. The molecule has 102 valence electrons. The highest BCUT2D eigenvalue weighted by molar-refractivity contribution is 7.07. The number of benzene rings is 1. The highest BCUT2D eigenvalue weighted by Gasteiger charge is 2.15. The van der Waals surface area contributed by atoms with E-state index in [0.717, 1.165) is 24.2 Å². The summed E-state index contributed by atoms with van der Waals surface area (Å²) in [7, 11) is 1.65. The normalized spacial score (nSPS) is 12.4. The number of ether oxygens (including phenoxy) is 1. The number of rotatable bonds is 6. The van der Waals surface area contributed by atoms with Crippen LogP contribution < -0.4 is 16.0 Å². The summed E-state index contributed by atoms with van der Waals surface area (Å²) in [6, 6.07) is 7.74. The van der Waals surface area contributed by atoms with Gasteiger partial charge < -0.3 is 4.74 Å². The van der Waals surface area contributed by atoms with Gasteiger partial charge >= 0.3 is 0 Å². The van der Waals surface area contributed by atoms with E-state index >= 15 is 0 Å². The van der Waals surface area contributed by atoms with Crippen LogP contribution in [0.5, 0.6) is 5.75 Å². The summed E-state index contributed by atoms with van der Waals surface area (Å²) in [4.78, 5) is 0. The summed E-state index contributed by atoms with van der Waals surface area (Å²) in [6.45, 7) is 0. The number of methoxy groups -OCH3 is 1. The molecular formula is C14H17ClN2OS. The molecule has 2 aromatic rings. The molecule has 0 aliphatic rings. The molecule has 19 heavy (non-hydrogen) atoms. The first-order valence-electron chi connectivity index (χ1n) is 6.05. The molecule has 0 amide bonds. The van der Waals surface area contributed by atoms with Crippen LogP contribution in [0.1, 0.15) is 23.6 Å². The molecule has 0 radical (unpaired) electrons.